The van der Waals surface area contributed by atoms with Gasteiger partial charge in [-0.05, 0) is 49.2 Å². The van der Waals surface area contributed by atoms with Crippen molar-refractivity contribution in [1.82, 2.24) is 10.3 Å². The summed E-state index contributed by atoms with van der Waals surface area (Å²) in [7, 11) is 0. The van der Waals surface area contributed by atoms with Crippen LogP contribution in [0.3, 0.4) is 0 Å². The molecule has 1 atom stereocenters. The first-order valence-electron chi connectivity index (χ1n) is 6.95. The smallest absolute Gasteiger partial charge is 0.155 e. The number of amidine groups is 1. The number of halogens is 2. The van der Waals surface area contributed by atoms with Crippen molar-refractivity contribution in [3.05, 3.63) is 76.0 Å². The molecular weight excluding hydrogens is 301 g/mol. The molecule has 1 N–H and O–H groups in total. The Hall–Kier alpha value is -2.20. The van der Waals surface area contributed by atoms with Crippen LogP contribution in [0.1, 0.15) is 31.1 Å². The zero-order valence-electron chi connectivity index (χ0n) is 12.3. The van der Waals surface area contributed by atoms with E-state index in [-0.39, 0.29) is 11.7 Å². The second kappa shape index (κ2) is 5.89. The highest BCUT2D eigenvalue weighted by atomic mass is 35.5. The summed E-state index contributed by atoms with van der Waals surface area (Å²) in [6, 6.07) is 10.3. The summed E-state index contributed by atoms with van der Waals surface area (Å²) < 4.78 is 14.0. The van der Waals surface area contributed by atoms with Gasteiger partial charge in [0.05, 0.1) is 0 Å². The van der Waals surface area contributed by atoms with Crippen LogP contribution in [0.4, 0.5) is 4.39 Å². The number of benzene rings is 1. The van der Waals surface area contributed by atoms with Gasteiger partial charge in [-0.2, -0.15) is 0 Å². The van der Waals surface area contributed by atoms with Crippen molar-refractivity contribution in [1.29, 1.82) is 0 Å². The summed E-state index contributed by atoms with van der Waals surface area (Å²) in [5, 5.41) is 3.81. The molecule has 0 amide bonds. The third-order valence-corrected chi connectivity index (χ3v) is 3.99. The Labute approximate surface area is 133 Å². The minimum absolute atomic E-state index is 0.171. The molecule has 1 aliphatic heterocycles. The van der Waals surface area contributed by atoms with Crippen molar-refractivity contribution in [2.24, 2.45) is 4.99 Å². The molecule has 1 aromatic carbocycles. The molecule has 112 valence electrons. The summed E-state index contributed by atoms with van der Waals surface area (Å²) in [4.78, 5) is 8.74. The van der Waals surface area contributed by atoms with Gasteiger partial charge in [-0.25, -0.2) is 9.37 Å². The van der Waals surface area contributed by atoms with Crippen LogP contribution < -0.4 is 5.32 Å². The lowest BCUT2D eigenvalue weighted by Crippen LogP contribution is -2.30. The highest BCUT2D eigenvalue weighted by Crippen LogP contribution is 2.31. The molecule has 22 heavy (non-hydrogen) atoms. The first-order chi connectivity index (χ1) is 10.6. The molecule has 0 aliphatic carbocycles. The molecule has 1 aliphatic rings. The van der Waals surface area contributed by atoms with E-state index in [2.05, 4.69) is 15.3 Å². The minimum Gasteiger partial charge on any atom is -0.342 e. The van der Waals surface area contributed by atoms with E-state index in [0.717, 1.165) is 16.8 Å². The molecule has 2 aromatic rings. The van der Waals surface area contributed by atoms with Crippen LogP contribution in [0.25, 0.3) is 0 Å². The van der Waals surface area contributed by atoms with Gasteiger partial charge < -0.3 is 5.32 Å². The van der Waals surface area contributed by atoms with E-state index in [4.69, 9.17) is 11.6 Å². The molecular formula is C17H15ClFN3. The third-order valence-electron chi connectivity index (χ3n) is 3.73. The fourth-order valence-electron chi connectivity index (χ4n) is 2.39. The third kappa shape index (κ3) is 2.74. The number of allylic oxidation sites excluding steroid dienone is 1. The van der Waals surface area contributed by atoms with Crippen LogP contribution in [0.15, 0.2) is 58.9 Å². The van der Waals surface area contributed by atoms with Gasteiger partial charge in [-0.1, -0.05) is 23.7 Å². The van der Waals surface area contributed by atoms with Gasteiger partial charge in [0.15, 0.2) is 11.7 Å². The number of nitrogens with zero attached hydrogens (tertiary/aromatic N) is 2. The number of rotatable bonds is 2. The SMILES string of the molecule is CC1=C(C)C(c2ccc(Cl)cc2)N=C(c2ncccc2F)N1. The quantitative estimate of drug-likeness (QED) is 0.899. The molecule has 1 aromatic heterocycles. The zero-order valence-corrected chi connectivity index (χ0v) is 13.0. The van der Waals surface area contributed by atoms with Crippen LogP contribution in [0.2, 0.25) is 5.02 Å². The molecule has 0 spiro atoms. The van der Waals surface area contributed by atoms with E-state index in [0.29, 0.717) is 10.9 Å². The average Bonchev–Trinajstić information content (AvgIpc) is 2.51. The Bertz CT molecular complexity index is 766. The van der Waals surface area contributed by atoms with Crippen molar-refractivity contribution in [3.63, 3.8) is 0 Å². The monoisotopic (exact) mass is 315 g/mol. The van der Waals surface area contributed by atoms with Crippen molar-refractivity contribution < 1.29 is 4.39 Å². The van der Waals surface area contributed by atoms with E-state index in [1.807, 2.05) is 38.1 Å². The Morgan fingerprint density at radius 2 is 1.86 bits per heavy atom. The fraction of sp³-hybridized carbons (Fsp3) is 0.176. The van der Waals surface area contributed by atoms with Gasteiger partial charge in [0.2, 0.25) is 0 Å². The first-order valence-corrected chi connectivity index (χ1v) is 7.32. The fourth-order valence-corrected chi connectivity index (χ4v) is 2.52. The van der Waals surface area contributed by atoms with E-state index in [1.165, 1.54) is 6.07 Å². The second-order valence-electron chi connectivity index (χ2n) is 5.20. The van der Waals surface area contributed by atoms with Crippen molar-refractivity contribution in [3.8, 4) is 0 Å². The maximum Gasteiger partial charge on any atom is 0.155 e. The highest BCUT2D eigenvalue weighted by molar-refractivity contribution is 6.30. The minimum atomic E-state index is -0.393. The van der Waals surface area contributed by atoms with Crippen LogP contribution >= 0.6 is 11.6 Å². The maximum absolute atomic E-state index is 14.0. The van der Waals surface area contributed by atoms with Crippen molar-refractivity contribution in [2.45, 2.75) is 19.9 Å². The topological polar surface area (TPSA) is 37.3 Å². The van der Waals surface area contributed by atoms with Gasteiger partial charge in [0, 0.05) is 16.9 Å². The molecule has 2 heterocycles. The standard InChI is InChI=1S/C17H15ClFN3/c1-10-11(2)21-17(16-14(19)4-3-9-20-16)22-15(10)12-5-7-13(18)8-6-12/h3-9,15H,1-2H3,(H,21,22). The van der Waals surface area contributed by atoms with Crippen LogP contribution in [-0.2, 0) is 0 Å². The number of hydrogen-bond acceptors (Lipinski definition) is 3. The normalized spacial score (nSPS) is 18.0. The molecule has 3 rings (SSSR count). The molecule has 0 fully saturated rings. The van der Waals surface area contributed by atoms with Gasteiger partial charge >= 0.3 is 0 Å². The number of aliphatic imine (C=N–C) groups is 1. The molecule has 0 saturated carbocycles. The summed E-state index contributed by atoms with van der Waals surface area (Å²) >= 11 is 5.94. The molecule has 0 radical (unpaired) electrons. The van der Waals surface area contributed by atoms with Crippen LogP contribution in [0, 0.1) is 5.82 Å². The summed E-state index contributed by atoms with van der Waals surface area (Å²) in [6.07, 6.45) is 1.56. The van der Waals surface area contributed by atoms with Crippen molar-refractivity contribution >= 4 is 17.4 Å². The molecule has 0 bridgehead atoms. The van der Waals surface area contributed by atoms with Crippen molar-refractivity contribution in [2.75, 3.05) is 0 Å². The van der Waals surface area contributed by atoms with Crippen LogP contribution in [-0.4, -0.2) is 10.8 Å². The average molecular weight is 316 g/mol. The number of pyridine rings is 1. The van der Waals surface area contributed by atoms with Crippen LogP contribution in [0.5, 0.6) is 0 Å². The van der Waals surface area contributed by atoms with E-state index in [9.17, 15) is 4.39 Å². The molecule has 5 heteroatoms. The first kappa shape index (κ1) is 14.7. The van der Waals surface area contributed by atoms with E-state index >= 15 is 0 Å². The van der Waals surface area contributed by atoms with E-state index in [1.54, 1.807) is 12.3 Å². The number of aromatic nitrogens is 1. The molecule has 3 nitrogen and oxygen atoms in total. The van der Waals surface area contributed by atoms with Gasteiger partial charge in [-0.3, -0.25) is 4.99 Å². The second-order valence-corrected chi connectivity index (χ2v) is 5.64. The Morgan fingerprint density at radius 1 is 1.14 bits per heavy atom. The largest absolute Gasteiger partial charge is 0.342 e. The summed E-state index contributed by atoms with van der Waals surface area (Å²) in [5.74, 6) is 0.0529. The summed E-state index contributed by atoms with van der Waals surface area (Å²) in [5.41, 5.74) is 3.28. The van der Waals surface area contributed by atoms with Gasteiger partial charge in [-0.15, -0.1) is 0 Å². The predicted molar refractivity (Wildman–Crippen MR) is 86.4 cm³/mol. The lowest BCUT2D eigenvalue weighted by atomic mass is 9.97. The van der Waals surface area contributed by atoms with E-state index < -0.39 is 5.82 Å². The highest BCUT2D eigenvalue weighted by Gasteiger charge is 2.23. The Balaban J connectivity index is 2.05. The zero-order chi connectivity index (χ0) is 15.7. The molecule has 0 saturated heterocycles. The van der Waals surface area contributed by atoms with Gasteiger partial charge in [0.25, 0.3) is 0 Å². The number of hydrogen-bond donors (Lipinski definition) is 1. The lowest BCUT2D eigenvalue weighted by molar-refractivity contribution is 0.615. The Kier molecular flexibility index (Phi) is 3.94. The van der Waals surface area contributed by atoms with Gasteiger partial charge in [0.1, 0.15) is 11.7 Å². The lowest BCUT2D eigenvalue weighted by Gasteiger charge is -2.25. The predicted octanol–water partition coefficient (Wildman–Crippen LogP) is 4.26. The number of nitrogens with one attached hydrogen (secondary N) is 1. The Morgan fingerprint density at radius 3 is 2.55 bits per heavy atom. The maximum atomic E-state index is 14.0. The molecule has 1 unspecified atom stereocenters. The summed E-state index contributed by atoms with van der Waals surface area (Å²) in [6.45, 7) is 3.96.